The summed E-state index contributed by atoms with van der Waals surface area (Å²) in [5.41, 5.74) is 0. The van der Waals surface area contributed by atoms with Gasteiger partial charge in [-0.1, -0.05) is 6.58 Å². The maximum atomic E-state index is 10.6. The molecule has 0 aliphatic rings. The average molecular weight is 200 g/mol. The van der Waals surface area contributed by atoms with E-state index >= 15 is 0 Å². The van der Waals surface area contributed by atoms with Crippen LogP contribution in [0.15, 0.2) is 24.7 Å². The number of hydrogen-bond donors (Lipinski definition) is 0. The van der Waals surface area contributed by atoms with Gasteiger partial charge in [-0.2, -0.15) is 0 Å². The molecule has 0 rings (SSSR count). The van der Waals surface area contributed by atoms with Crippen molar-refractivity contribution in [2.45, 2.75) is 13.8 Å². The zero-order chi connectivity index (χ0) is 11.0. The highest BCUT2D eigenvalue weighted by molar-refractivity contribution is 5.67. The Hall–Kier alpha value is -1.78. The van der Waals surface area contributed by atoms with Crippen molar-refractivity contribution in [2.24, 2.45) is 0 Å². The molecule has 0 aromatic rings. The lowest BCUT2D eigenvalue weighted by molar-refractivity contribution is -0.136. The third kappa shape index (κ3) is 6.90. The van der Waals surface area contributed by atoms with Crippen LogP contribution >= 0.6 is 0 Å². The number of hydrogen-bond acceptors (Lipinski definition) is 5. The van der Waals surface area contributed by atoms with E-state index in [2.05, 4.69) is 20.8 Å². The minimum Gasteiger partial charge on any atom is -0.434 e. The first kappa shape index (κ1) is 12.2. The molecule has 0 aliphatic carbocycles. The van der Waals surface area contributed by atoms with Crippen molar-refractivity contribution in [3.63, 3.8) is 0 Å². The second kappa shape index (κ2) is 6.71. The Morgan fingerprint density at radius 3 is 2.57 bits per heavy atom. The largest absolute Gasteiger partial charge is 0.513 e. The summed E-state index contributed by atoms with van der Waals surface area (Å²) in [6, 6.07) is 0. The summed E-state index contributed by atoms with van der Waals surface area (Å²) in [7, 11) is 0. The van der Waals surface area contributed by atoms with Crippen LogP contribution in [0.25, 0.3) is 0 Å². The van der Waals surface area contributed by atoms with Gasteiger partial charge in [0.1, 0.15) is 12.0 Å². The van der Waals surface area contributed by atoms with E-state index in [0.717, 1.165) is 6.26 Å². The van der Waals surface area contributed by atoms with Crippen LogP contribution in [-0.4, -0.2) is 18.7 Å². The van der Waals surface area contributed by atoms with Crippen LogP contribution in [0.4, 0.5) is 4.79 Å². The van der Waals surface area contributed by atoms with Gasteiger partial charge >= 0.3 is 12.1 Å². The highest BCUT2D eigenvalue weighted by Gasteiger charge is 1.98. The molecule has 0 unspecified atom stereocenters. The van der Waals surface area contributed by atoms with E-state index in [4.69, 9.17) is 0 Å². The zero-order valence-electron chi connectivity index (χ0n) is 8.11. The standard InChI is InChI=1S/C9H12O5/c1-4-12-9(11)13-6-5-7(2)14-8(3)10/h5-6H,2,4H2,1,3H3/b6-5+. The summed E-state index contributed by atoms with van der Waals surface area (Å²) in [6.07, 6.45) is 1.45. The number of carbonyl (C=O) groups excluding carboxylic acids is 2. The lowest BCUT2D eigenvalue weighted by Gasteiger charge is -1.99. The van der Waals surface area contributed by atoms with Crippen molar-refractivity contribution in [1.82, 2.24) is 0 Å². The molecule has 0 fully saturated rings. The summed E-state index contributed by atoms with van der Waals surface area (Å²) in [6.45, 7) is 6.51. The molecule has 0 heterocycles. The quantitative estimate of drug-likeness (QED) is 0.393. The van der Waals surface area contributed by atoms with Gasteiger partial charge in [-0.05, 0) is 6.92 Å². The Morgan fingerprint density at radius 1 is 1.43 bits per heavy atom. The van der Waals surface area contributed by atoms with Gasteiger partial charge < -0.3 is 14.2 Å². The van der Waals surface area contributed by atoms with Gasteiger partial charge in [-0.3, -0.25) is 4.79 Å². The monoisotopic (exact) mass is 200 g/mol. The van der Waals surface area contributed by atoms with Crippen molar-refractivity contribution in [3.05, 3.63) is 24.7 Å². The van der Waals surface area contributed by atoms with Crippen molar-refractivity contribution in [2.75, 3.05) is 6.61 Å². The number of ether oxygens (including phenoxy) is 3. The Bertz CT molecular complexity index is 254. The van der Waals surface area contributed by atoms with Gasteiger partial charge in [0.05, 0.1) is 6.61 Å². The third-order valence-electron chi connectivity index (χ3n) is 0.955. The van der Waals surface area contributed by atoms with Crippen molar-refractivity contribution in [3.8, 4) is 0 Å². The lowest BCUT2D eigenvalue weighted by Crippen LogP contribution is -2.02. The van der Waals surface area contributed by atoms with Crippen LogP contribution < -0.4 is 0 Å². The molecule has 0 N–H and O–H groups in total. The second-order valence-corrected chi connectivity index (χ2v) is 2.16. The fourth-order valence-electron chi connectivity index (χ4n) is 0.536. The van der Waals surface area contributed by atoms with Gasteiger partial charge in [0.15, 0.2) is 0 Å². The Balaban J connectivity index is 3.77. The van der Waals surface area contributed by atoms with E-state index < -0.39 is 12.1 Å². The fraction of sp³-hybridized carbons (Fsp3) is 0.333. The van der Waals surface area contributed by atoms with E-state index in [9.17, 15) is 9.59 Å². The molecule has 0 saturated carbocycles. The van der Waals surface area contributed by atoms with E-state index in [1.54, 1.807) is 6.92 Å². The molecule has 0 saturated heterocycles. The molecule has 14 heavy (non-hydrogen) atoms. The highest BCUT2D eigenvalue weighted by Crippen LogP contribution is 1.97. The van der Waals surface area contributed by atoms with Crippen LogP contribution in [0, 0.1) is 0 Å². The third-order valence-corrected chi connectivity index (χ3v) is 0.955. The Morgan fingerprint density at radius 2 is 2.07 bits per heavy atom. The highest BCUT2D eigenvalue weighted by atomic mass is 16.7. The Kier molecular flexibility index (Phi) is 5.85. The topological polar surface area (TPSA) is 61.8 Å². The minimum atomic E-state index is -0.820. The molecule has 0 amide bonds. The van der Waals surface area contributed by atoms with Gasteiger partial charge in [-0.25, -0.2) is 4.79 Å². The maximum absolute atomic E-state index is 10.6. The number of allylic oxidation sites excluding steroid dienone is 1. The average Bonchev–Trinajstić information content (AvgIpc) is 2.02. The predicted octanol–water partition coefficient (Wildman–Crippen LogP) is 1.75. The smallest absolute Gasteiger partial charge is 0.434 e. The van der Waals surface area contributed by atoms with Crippen molar-refractivity contribution < 1.29 is 23.8 Å². The normalized spacial score (nSPS) is 9.57. The molecule has 0 spiro atoms. The summed E-state index contributed by atoms with van der Waals surface area (Å²) in [5.74, 6) is -0.405. The van der Waals surface area contributed by atoms with Gasteiger partial charge in [0, 0.05) is 13.0 Å². The summed E-state index contributed by atoms with van der Waals surface area (Å²) >= 11 is 0. The van der Waals surface area contributed by atoms with Crippen LogP contribution in [0.2, 0.25) is 0 Å². The van der Waals surface area contributed by atoms with Crippen LogP contribution in [0.5, 0.6) is 0 Å². The summed E-state index contributed by atoms with van der Waals surface area (Å²) < 4.78 is 13.4. The lowest BCUT2D eigenvalue weighted by atomic mass is 10.5. The van der Waals surface area contributed by atoms with Gasteiger partial charge in [-0.15, -0.1) is 0 Å². The molecule has 0 bridgehead atoms. The second-order valence-electron chi connectivity index (χ2n) is 2.16. The molecule has 0 aromatic carbocycles. The van der Waals surface area contributed by atoms with E-state index in [0.29, 0.717) is 0 Å². The molecular weight excluding hydrogens is 188 g/mol. The minimum absolute atomic E-state index is 0.0850. The van der Waals surface area contributed by atoms with Crippen LogP contribution in [0.1, 0.15) is 13.8 Å². The first-order valence-electron chi connectivity index (χ1n) is 3.93. The van der Waals surface area contributed by atoms with Crippen LogP contribution in [-0.2, 0) is 19.0 Å². The van der Waals surface area contributed by atoms with Gasteiger partial charge in [0.25, 0.3) is 0 Å². The SMILES string of the molecule is C=C(/C=C/OC(=O)OCC)OC(C)=O. The number of rotatable bonds is 4. The Labute approximate surface area is 81.9 Å². The van der Waals surface area contributed by atoms with Crippen molar-refractivity contribution >= 4 is 12.1 Å². The molecule has 5 heteroatoms. The summed E-state index contributed by atoms with van der Waals surface area (Å²) in [4.78, 5) is 21.0. The molecular formula is C9H12O5. The number of carbonyl (C=O) groups is 2. The first-order valence-corrected chi connectivity index (χ1v) is 3.93. The molecule has 5 nitrogen and oxygen atoms in total. The maximum Gasteiger partial charge on any atom is 0.513 e. The van der Waals surface area contributed by atoms with Crippen LogP contribution in [0.3, 0.4) is 0 Å². The number of esters is 1. The van der Waals surface area contributed by atoms with E-state index in [1.165, 1.54) is 13.0 Å². The summed E-state index contributed by atoms with van der Waals surface area (Å²) in [5, 5.41) is 0. The molecule has 0 aliphatic heterocycles. The zero-order valence-corrected chi connectivity index (χ0v) is 8.11. The molecule has 78 valence electrons. The van der Waals surface area contributed by atoms with E-state index in [1.807, 2.05) is 0 Å². The predicted molar refractivity (Wildman–Crippen MR) is 48.2 cm³/mol. The molecule has 0 atom stereocenters. The van der Waals surface area contributed by atoms with Gasteiger partial charge in [0.2, 0.25) is 0 Å². The molecule has 0 radical (unpaired) electrons. The first-order chi connectivity index (χ1) is 6.56. The molecule has 0 aromatic heterocycles. The van der Waals surface area contributed by atoms with Crippen molar-refractivity contribution in [1.29, 1.82) is 0 Å². The van der Waals surface area contributed by atoms with E-state index in [-0.39, 0.29) is 12.4 Å². The fourth-order valence-corrected chi connectivity index (χ4v) is 0.536.